The molecule has 0 N–H and O–H groups in total. The zero-order valence-electron chi connectivity index (χ0n) is 7.18. The van der Waals surface area contributed by atoms with Crippen LogP contribution >= 0.6 is 11.8 Å². The molecule has 1 aliphatic heterocycles. The third-order valence-corrected chi connectivity index (χ3v) is 2.46. The predicted molar refractivity (Wildman–Crippen MR) is 58.5 cm³/mol. The Balaban J connectivity index is 1.99. The van der Waals surface area contributed by atoms with Crippen LogP contribution in [0.4, 0.5) is 0 Å². The molecule has 1 aromatic rings. The summed E-state index contributed by atoms with van der Waals surface area (Å²) in [5.41, 5.74) is 3.09. The van der Waals surface area contributed by atoms with Gasteiger partial charge in [0.25, 0.3) is 0 Å². The molecule has 0 radical (unpaired) electrons. The quantitative estimate of drug-likeness (QED) is 0.702. The van der Waals surface area contributed by atoms with Crippen LogP contribution in [0.25, 0.3) is 0 Å². The van der Waals surface area contributed by atoms with E-state index in [4.69, 9.17) is 0 Å². The zero-order valence-corrected chi connectivity index (χ0v) is 8.00. The minimum absolute atomic E-state index is 0.744. The van der Waals surface area contributed by atoms with Crippen LogP contribution in [0, 0.1) is 0 Å². The lowest BCUT2D eigenvalue weighted by atomic mass is 10.2. The van der Waals surface area contributed by atoms with Crippen LogP contribution in [0.1, 0.15) is 5.56 Å². The van der Waals surface area contributed by atoms with Crippen LogP contribution in [-0.4, -0.2) is 17.1 Å². The molecule has 2 nitrogen and oxygen atoms in total. The molecule has 66 valence electrons. The van der Waals surface area contributed by atoms with Crippen LogP contribution in [0.3, 0.4) is 0 Å². The molecule has 1 aliphatic rings. The fourth-order valence-electron chi connectivity index (χ4n) is 1.10. The van der Waals surface area contributed by atoms with Gasteiger partial charge in [-0.2, -0.15) is 0 Å². The van der Waals surface area contributed by atoms with Gasteiger partial charge in [-0.3, -0.25) is 4.99 Å². The summed E-state index contributed by atoms with van der Waals surface area (Å²) in [4.78, 5) is 8.53. The van der Waals surface area contributed by atoms with E-state index < -0.39 is 0 Å². The summed E-state index contributed by atoms with van der Waals surface area (Å²) >= 11 is 1.69. The van der Waals surface area contributed by atoms with Crippen molar-refractivity contribution in [3.05, 3.63) is 35.9 Å². The van der Waals surface area contributed by atoms with Crippen LogP contribution in [0.15, 0.2) is 40.3 Å². The molecule has 2 rings (SSSR count). The van der Waals surface area contributed by atoms with Crippen LogP contribution < -0.4 is 0 Å². The van der Waals surface area contributed by atoms with Gasteiger partial charge in [-0.15, -0.1) is 11.8 Å². The summed E-state index contributed by atoms with van der Waals surface area (Å²) in [6.45, 7) is 0.744. The lowest BCUT2D eigenvalue weighted by Crippen LogP contribution is -1.93. The Morgan fingerprint density at radius 3 is 2.85 bits per heavy atom. The Hall–Kier alpha value is -1.09. The summed E-state index contributed by atoms with van der Waals surface area (Å²) in [5, 5.41) is 0. The molecule has 0 unspecified atom stereocenters. The summed E-state index contributed by atoms with van der Waals surface area (Å²) in [7, 11) is 0. The van der Waals surface area contributed by atoms with Crippen LogP contribution in [0.5, 0.6) is 0 Å². The Morgan fingerprint density at radius 2 is 2.15 bits per heavy atom. The van der Waals surface area contributed by atoms with Crippen molar-refractivity contribution < 1.29 is 0 Å². The Morgan fingerprint density at radius 1 is 1.31 bits per heavy atom. The van der Waals surface area contributed by atoms with Gasteiger partial charge < -0.3 is 0 Å². The van der Waals surface area contributed by atoms with Gasteiger partial charge >= 0.3 is 0 Å². The molecule has 1 aromatic carbocycles. The first kappa shape index (κ1) is 8.51. The lowest BCUT2D eigenvalue weighted by molar-refractivity contribution is 1.06. The third kappa shape index (κ3) is 2.42. The summed E-state index contributed by atoms with van der Waals surface area (Å²) < 4.78 is 0. The largest absolute Gasteiger partial charge is 0.265 e. The standard InChI is InChI=1S/C10H10N2S/c1-2-4-9(5-3-1)6-11-10-7-13-8-12-10/h1-5,8H,6-7H2/b11-10-. The number of amidine groups is 1. The van der Waals surface area contributed by atoms with Crippen molar-refractivity contribution >= 4 is 23.1 Å². The highest BCUT2D eigenvalue weighted by Gasteiger charge is 2.01. The first-order valence-corrected chi connectivity index (χ1v) is 5.21. The van der Waals surface area contributed by atoms with Crippen molar-refractivity contribution in [2.45, 2.75) is 6.54 Å². The van der Waals surface area contributed by atoms with Gasteiger partial charge in [0.15, 0.2) is 0 Å². The maximum Gasteiger partial charge on any atom is 0.134 e. The maximum atomic E-state index is 4.39. The van der Waals surface area contributed by atoms with E-state index in [1.165, 1.54) is 5.56 Å². The number of thioether (sulfide) groups is 1. The highest BCUT2D eigenvalue weighted by molar-refractivity contribution is 8.13. The molecular weight excluding hydrogens is 180 g/mol. The second kappa shape index (κ2) is 4.23. The molecule has 0 amide bonds. The van der Waals surface area contributed by atoms with Gasteiger partial charge in [0.2, 0.25) is 0 Å². The van der Waals surface area contributed by atoms with Crippen molar-refractivity contribution in [1.29, 1.82) is 0 Å². The van der Waals surface area contributed by atoms with Gasteiger partial charge in [-0.1, -0.05) is 30.3 Å². The Bertz CT molecular complexity index is 330. The van der Waals surface area contributed by atoms with Crippen molar-refractivity contribution in [3.8, 4) is 0 Å². The Labute approximate surface area is 81.8 Å². The highest BCUT2D eigenvalue weighted by Crippen LogP contribution is 2.07. The number of aliphatic imine (C=N–C) groups is 2. The van der Waals surface area contributed by atoms with E-state index in [1.807, 2.05) is 23.7 Å². The first-order chi connectivity index (χ1) is 6.45. The smallest absolute Gasteiger partial charge is 0.134 e. The average Bonchev–Trinajstić information content (AvgIpc) is 2.69. The SMILES string of the molecule is C1=N/C(=N\Cc2ccccc2)CS1. The van der Waals surface area contributed by atoms with Crippen LogP contribution in [0.2, 0.25) is 0 Å². The number of nitrogens with zero attached hydrogens (tertiary/aromatic N) is 2. The Kier molecular flexibility index (Phi) is 2.77. The van der Waals surface area contributed by atoms with E-state index in [0.29, 0.717) is 0 Å². The molecule has 0 atom stereocenters. The van der Waals surface area contributed by atoms with Gasteiger partial charge in [-0.25, -0.2) is 4.99 Å². The topological polar surface area (TPSA) is 24.7 Å². The highest BCUT2D eigenvalue weighted by atomic mass is 32.2. The fourth-order valence-corrected chi connectivity index (χ4v) is 1.69. The van der Waals surface area contributed by atoms with E-state index in [9.17, 15) is 0 Å². The minimum atomic E-state index is 0.744. The molecule has 1 heterocycles. The fraction of sp³-hybridized carbons (Fsp3) is 0.200. The van der Waals surface area contributed by atoms with E-state index in [1.54, 1.807) is 11.8 Å². The van der Waals surface area contributed by atoms with Gasteiger partial charge in [0, 0.05) is 0 Å². The molecule has 0 saturated heterocycles. The molecule has 0 fully saturated rings. The molecule has 0 saturated carbocycles. The molecule has 0 aromatic heterocycles. The van der Waals surface area contributed by atoms with Crippen molar-refractivity contribution in [3.63, 3.8) is 0 Å². The second-order valence-electron chi connectivity index (χ2n) is 2.76. The van der Waals surface area contributed by atoms with Gasteiger partial charge in [-0.05, 0) is 5.56 Å². The number of hydrogen-bond donors (Lipinski definition) is 0. The first-order valence-electron chi connectivity index (χ1n) is 4.16. The monoisotopic (exact) mass is 190 g/mol. The van der Waals surface area contributed by atoms with Gasteiger partial charge in [0.05, 0.1) is 17.8 Å². The van der Waals surface area contributed by atoms with E-state index in [2.05, 4.69) is 22.1 Å². The predicted octanol–water partition coefficient (Wildman–Crippen LogP) is 2.36. The van der Waals surface area contributed by atoms with Crippen molar-refractivity contribution in [2.24, 2.45) is 9.98 Å². The van der Waals surface area contributed by atoms with E-state index in [-0.39, 0.29) is 0 Å². The van der Waals surface area contributed by atoms with Crippen molar-refractivity contribution in [2.75, 3.05) is 5.75 Å². The number of hydrogen-bond acceptors (Lipinski definition) is 2. The van der Waals surface area contributed by atoms with E-state index in [0.717, 1.165) is 18.1 Å². The molecule has 0 aliphatic carbocycles. The molecule has 3 heteroatoms. The molecule has 13 heavy (non-hydrogen) atoms. The molecule has 0 bridgehead atoms. The van der Waals surface area contributed by atoms with Gasteiger partial charge in [0.1, 0.15) is 5.84 Å². The van der Waals surface area contributed by atoms with Crippen LogP contribution in [-0.2, 0) is 6.54 Å². The maximum absolute atomic E-state index is 4.39. The second-order valence-corrected chi connectivity index (χ2v) is 3.60. The van der Waals surface area contributed by atoms with E-state index >= 15 is 0 Å². The summed E-state index contributed by atoms with van der Waals surface area (Å²) in [6.07, 6.45) is 0. The normalized spacial score (nSPS) is 18.3. The number of rotatable bonds is 2. The minimum Gasteiger partial charge on any atom is -0.265 e. The summed E-state index contributed by atoms with van der Waals surface area (Å²) in [5.74, 6) is 1.88. The summed E-state index contributed by atoms with van der Waals surface area (Å²) in [6, 6.07) is 10.2. The molecular formula is C10H10N2S. The molecule has 0 spiro atoms. The third-order valence-electron chi connectivity index (χ3n) is 1.78. The zero-order chi connectivity index (χ0) is 8.93. The average molecular weight is 190 g/mol. The lowest BCUT2D eigenvalue weighted by Gasteiger charge is -1.95. The van der Waals surface area contributed by atoms with Crippen molar-refractivity contribution in [1.82, 2.24) is 0 Å². The number of benzene rings is 1.